The Hall–Kier alpha value is -0.0400. The van der Waals surface area contributed by atoms with E-state index in [4.69, 9.17) is 4.74 Å². The molecule has 74 valence electrons. The smallest absolute Gasteiger partial charge is 0.0701 e. The number of rotatable bonds is 4. The van der Waals surface area contributed by atoms with Gasteiger partial charge in [-0.15, -0.1) is 0 Å². The fraction of sp³-hybridized carbons (Fsp3) is 1.00. The average Bonchev–Trinajstić information content (AvgIpc) is 2.01. The van der Waals surface area contributed by atoms with Crippen LogP contribution < -0.4 is 0 Å². The van der Waals surface area contributed by atoms with Crippen LogP contribution in [0, 0.1) is 17.8 Å². The first-order chi connectivity index (χ1) is 5.36. The Morgan fingerprint density at radius 3 is 1.50 bits per heavy atom. The number of hydrogen-bond donors (Lipinski definition) is 0. The standard InChI is InChI=1S/C11H24O/c1-8(2)10(5)11(6,12-7)9(3)4/h8-10H,1-7H3. The lowest BCUT2D eigenvalue weighted by atomic mass is 9.75. The van der Waals surface area contributed by atoms with Crippen molar-refractivity contribution >= 4 is 0 Å². The van der Waals surface area contributed by atoms with Crippen molar-refractivity contribution < 1.29 is 4.74 Å². The maximum absolute atomic E-state index is 5.62. The molecule has 0 aromatic heterocycles. The maximum atomic E-state index is 5.62. The summed E-state index contributed by atoms with van der Waals surface area (Å²) in [6, 6.07) is 0. The summed E-state index contributed by atoms with van der Waals surface area (Å²) < 4.78 is 5.62. The molecule has 0 saturated heterocycles. The summed E-state index contributed by atoms with van der Waals surface area (Å²) in [4.78, 5) is 0. The molecule has 0 aromatic carbocycles. The molecule has 2 atom stereocenters. The second-order valence-corrected chi connectivity index (χ2v) is 4.58. The molecule has 0 radical (unpaired) electrons. The Bertz CT molecular complexity index is 129. The number of methoxy groups -OCH3 is 1. The fourth-order valence-corrected chi connectivity index (χ4v) is 1.61. The van der Waals surface area contributed by atoms with E-state index in [0.717, 1.165) is 0 Å². The SMILES string of the molecule is COC(C)(C(C)C)C(C)C(C)C. The summed E-state index contributed by atoms with van der Waals surface area (Å²) in [6.45, 7) is 13.4. The molecule has 0 bridgehead atoms. The second-order valence-electron chi connectivity index (χ2n) is 4.58. The van der Waals surface area contributed by atoms with Gasteiger partial charge in [-0.2, -0.15) is 0 Å². The van der Waals surface area contributed by atoms with Gasteiger partial charge in [-0.3, -0.25) is 0 Å². The van der Waals surface area contributed by atoms with Crippen LogP contribution >= 0.6 is 0 Å². The summed E-state index contributed by atoms with van der Waals surface area (Å²) in [5.41, 5.74) is 0.0220. The summed E-state index contributed by atoms with van der Waals surface area (Å²) in [5, 5.41) is 0. The number of ether oxygens (including phenoxy) is 1. The van der Waals surface area contributed by atoms with Crippen LogP contribution in [-0.2, 0) is 4.74 Å². The second kappa shape index (κ2) is 4.27. The zero-order valence-electron chi connectivity index (χ0n) is 9.64. The van der Waals surface area contributed by atoms with Gasteiger partial charge in [-0.1, -0.05) is 34.6 Å². The van der Waals surface area contributed by atoms with Crippen molar-refractivity contribution in [3.05, 3.63) is 0 Å². The predicted molar refractivity (Wildman–Crippen MR) is 54.3 cm³/mol. The highest BCUT2D eigenvalue weighted by molar-refractivity contribution is 4.85. The highest BCUT2D eigenvalue weighted by Gasteiger charge is 2.35. The molecule has 0 amide bonds. The van der Waals surface area contributed by atoms with E-state index in [9.17, 15) is 0 Å². The van der Waals surface area contributed by atoms with Crippen LogP contribution in [0.1, 0.15) is 41.5 Å². The molecule has 0 fully saturated rings. The van der Waals surface area contributed by atoms with E-state index in [1.165, 1.54) is 0 Å². The van der Waals surface area contributed by atoms with E-state index in [0.29, 0.717) is 17.8 Å². The van der Waals surface area contributed by atoms with Crippen molar-refractivity contribution in [2.24, 2.45) is 17.8 Å². The zero-order chi connectivity index (χ0) is 9.94. The maximum Gasteiger partial charge on any atom is 0.0701 e. The predicted octanol–water partition coefficient (Wildman–Crippen LogP) is 3.34. The lowest BCUT2D eigenvalue weighted by molar-refractivity contribution is -0.0859. The summed E-state index contributed by atoms with van der Waals surface area (Å²) in [7, 11) is 1.82. The Balaban J connectivity index is 4.51. The van der Waals surface area contributed by atoms with Crippen LogP contribution in [0.2, 0.25) is 0 Å². The highest BCUT2D eigenvalue weighted by Crippen LogP contribution is 2.33. The Morgan fingerprint density at radius 2 is 1.42 bits per heavy atom. The molecule has 0 aliphatic heterocycles. The van der Waals surface area contributed by atoms with Gasteiger partial charge in [0, 0.05) is 7.11 Å². The van der Waals surface area contributed by atoms with Crippen molar-refractivity contribution in [2.75, 3.05) is 7.11 Å². The van der Waals surface area contributed by atoms with Gasteiger partial charge in [0.1, 0.15) is 0 Å². The van der Waals surface area contributed by atoms with Gasteiger partial charge in [-0.25, -0.2) is 0 Å². The van der Waals surface area contributed by atoms with Crippen LogP contribution in [-0.4, -0.2) is 12.7 Å². The van der Waals surface area contributed by atoms with Gasteiger partial charge in [0.15, 0.2) is 0 Å². The third kappa shape index (κ3) is 2.22. The van der Waals surface area contributed by atoms with Crippen molar-refractivity contribution in [3.8, 4) is 0 Å². The van der Waals surface area contributed by atoms with Gasteiger partial charge in [0.05, 0.1) is 5.60 Å². The highest BCUT2D eigenvalue weighted by atomic mass is 16.5. The summed E-state index contributed by atoms with van der Waals surface area (Å²) in [6.07, 6.45) is 0. The minimum Gasteiger partial charge on any atom is -0.378 e. The molecular weight excluding hydrogens is 148 g/mol. The normalized spacial score (nSPS) is 19.8. The third-order valence-electron chi connectivity index (χ3n) is 3.49. The molecule has 0 aliphatic carbocycles. The molecular formula is C11H24O. The number of hydrogen-bond acceptors (Lipinski definition) is 1. The molecule has 0 spiro atoms. The van der Waals surface area contributed by atoms with Gasteiger partial charge < -0.3 is 4.74 Å². The Labute approximate surface area is 77.5 Å². The minimum atomic E-state index is 0.0220. The Kier molecular flexibility index (Phi) is 4.25. The molecule has 12 heavy (non-hydrogen) atoms. The van der Waals surface area contributed by atoms with E-state index < -0.39 is 0 Å². The quantitative estimate of drug-likeness (QED) is 0.632. The first-order valence-electron chi connectivity index (χ1n) is 4.91. The lowest BCUT2D eigenvalue weighted by Crippen LogP contribution is -2.42. The van der Waals surface area contributed by atoms with Crippen LogP contribution in [0.15, 0.2) is 0 Å². The van der Waals surface area contributed by atoms with Crippen LogP contribution in [0.3, 0.4) is 0 Å². The summed E-state index contributed by atoms with van der Waals surface area (Å²) in [5.74, 6) is 1.85. The van der Waals surface area contributed by atoms with Crippen LogP contribution in [0.25, 0.3) is 0 Å². The van der Waals surface area contributed by atoms with Crippen molar-refractivity contribution in [1.29, 1.82) is 0 Å². The average molecular weight is 172 g/mol. The molecule has 2 unspecified atom stereocenters. The lowest BCUT2D eigenvalue weighted by Gasteiger charge is -2.40. The molecule has 0 saturated carbocycles. The third-order valence-corrected chi connectivity index (χ3v) is 3.49. The Morgan fingerprint density at radius 1 is 1.00 bits per heavy atom. The largest absolute Gasteiger partial charge is 0.378 e. The first-order valence-corrected chi connectivity index (χ1v) is 4.91. The first kappa shape index (κ1) is 12.0. The van der Waals surface area contributed by atoms with Gasteiger partial charge >= 0.3 is 0 Å². The van der Waals surface area contributed by atoms with Gasteiger partial charge in [-0.05, 0) is 24.7 Å². The van der Waals surface area contributed by atoms with E-state index in [1.54, 1.807) is 0 Å². The van der Waals surface area contributed by atoms with E-state index >= 15 is 0 Å². The molecule has 0 aliphatic rings. The molecule has 0 aromatic rings. The molecule has 0 N–H and O–H groups in total. The van der Waals surface area contributed by atoms with Crippen molar-refractivity contribution in [2.45, 2.75) is 47.1 Å². The van der Waals surface area contributed by atoms with Crippen LogP contribution in [0.5, 0.6) is 0 Å². The van der Waals surface area contributed by atoms with Crippen molar-refractivity contribution in [3.63, 3.8) is 0 Å². The monoisotopic (exact) mass is 172 g/mol. The molecule has 1 nitrogen and oxygen atoms in total. The van der Waals surface area contributed by atoms with E-state index in [2.05, 4.69) is 41.5 Å². The topological polar surface area (TPSA) is 9.23 Å². The van der Waals surface area contributed by atoms with Gasteiger partial charge in [0.25, 0.3) is 0 Å². The zero-order valence-corrected chi connectivity index (χ0v) is 9.64. The minimum absolute atomic E-state index is 0.0220. The molecule has 0 rings (SSSR count). The van der Waals surface area contributed by atoms with E-state index in [1.807, 2.05) is 7.11 Å². The fourth-order valence-electron chi connectivity index (χ4n) is 1.61. The molecule has 0 heterocycles. The van der Waals surface area contributed by atoms with Gasteiger partial charge in [0.2, 0.25) is 0 Å². The van der Waals surface area contributed by atoms with Crippen LogP contribution in [0.4, 0.5) is 0 Å². The van der Waals surface area contributed by atoms with E-state index in [-0.39, 0.29) is 5.60 Å². The van der Waals surface area contributed by atoms with Crippen molar-refractivity contribution in [1.82, 2.24) is 0 Å². The molecule has 1 heteroatoms. The summed E-state index contributed by atoms with van der Waals surface area (Å²) >= 11 is 0.